The zero-order valence-corrected chi connectivity index (χ0v) is 11.4. The highest BCUT2D eigenvalue weighted by Crippen LogP contribution is 2.28. The Balaban J connectivity index is 2.15. The minimum Gasteiger partial charge on any atom is -0.390 e. The van der Waals surface area contributed by atoms with Crippen molar-refractivity contribution in [2.75, 3.05) is 11.9 Å². The van der Waals surface area contributed by atoms with Crippen molar-refractivity contribution in [3.63, 3.8) is 0 Å². The molecule has 98 valence electrons. The average molecular weight is 247 g/mol. The number of benzene rings is 1. The minimum absolute atomic E-state index is 0.187. The molecular formula is C15H21NO2. The summed E-state index contributed by atoms with van der Waals surface area (Å²) in [4.78, 5) is 13.3. The second-order valence-corrected chi connectivity index (χ2v) is 5.73. The maximum Gasteiger partial charge on any atom is 0.227 e. The third kappa shape index (κ3) is 2.91. The zero-order valence-electron chi connectivity index (χ0n) is 11.4. The predicted octanol–water partition coefficient (Wildman–Crippen LogP) is 2.30. The number of fused-ring (bicyclic) bond motifs is 1. The molecule has 0 aliphatic carbocycles. The molecule has 0 saturated heterocycles. The van der Waals surface area contributed by atoms with E-state index in [1.807, 2.05) is 27.0 Å². The number of aliphatic hydroxyl groups is 1. The first-order valence-corrected chi connectivity index (χ1v) is 6.47. The molecule has 0 radical (unpaired) electrons. The molecule has 1 amide bonds. The highest BCUT2D eigenvalue weighted by molar-refractivity contribution is 5.95. The Morgan fingerprint density at radius 2 is 2.06 bits per heavy atom. The van der Waals surface area contributed by atoms with E-state index in [9.17, 15) is 9.90 Å². The van der Waals surface area contributed by atoms with E-state index in [1.165, 1.54) is 11.1 Å². The Bertz CT molecular complexity index is 460. The van der Waals surface area contributed by atoms with E-state index in [1.54, 1.807) is 4.90 Å². The van der Waals surface area contributed by atoms with Crippen LogP contribution >= 0.6 is 0 Å². The lowest BCUT2D eigenvalue weighted by atomic mass is 9.94. The van der Waals surface area contributed by atoms with Crippen molar-refractivity contribution in [2.24, 2.45) is 0 Å². The first-order valence-electron chi connectivity index (χ1n) is 6.47. The van der Waals surface area contributed by atoms with E-state index in [2.05, 4.69) is 12.1 Å². The normalized spacial score (nSPS) is 15.8. The zero-order chi connectivity index (χ0) is 13.3. The van der Waals surface area contributed by atoms with Gasteiger partial charge in [0.25, 0.3) is 0 Å². The molecule has 1 N–H and O–H groups in total. The molecule has 1 heterocycles. The van der Waals surface area contributed by atoms with E-state index in [0.717, 1.165) is 24.9 Å². The summed E-state index contributed by atoms with van der Waals surface area (Å²) in [6.45, 7) is 3.66. The Morgan fingerprint density at radius 1 is 1.33 bits per heavy atom. The van der Waals surface area contributed by atoms with Crippen LogP contribution in [0.1, 0.15) is 37.8 Å². The molecule has 0 fully saturated rings. The largest absolute Gasteiger partial charge is 0.390 e. The van der Waals surface area contributed by atoms with E-state index in [-0.39, 0.29) is 5.91 Å². The fourth-order valence-electron chi connectivity index (χ4n) is 2.32. The van der Waals surface area contributed by atoms with Crippen molar-refractivity contribution in [3.05, 3.63) is 29.3 Å². The lowest BCUT2D eigenvalue weighted by molar-refractivity contribution is -0.118. The number of carbonyl (C=O) groups is 1. The second-order valence-electron chi connectivity index (χ2n) is 5.73. The van der Waals surface area contributed by atoms with E-state index < -0.39 is 5.60 Å². The number of carbonyl (C=O) groups excluding carboxylic acids is 1. The van der Waals surface area contributed by atoms with Crippen LogP contribution in [0.25, 0.3) is 0 Å². The second kappa shape index (κ2) is 4.73. The summed E-state index contributed by atoms with van der Waals surface area (Å²) < 4.78 is 0. The van der Waals surface area contributed by atoms with Crippen molar-refractivity contribution in [3.8, 4) is 0 Å². The van der Waals surface area contributed by atoms with Gasteiger partial charge in [-0.2, -0.15) is 0 Å². The Hall–Kier alpha value is -1.35. The van der Waals surface area contributed by atoms with Crippen LogP contribution in [-0.2, 0) is 17.6 Å². The monoisotopic (exact) mass is 247 g/mol. The maximum atomic E-state index is 11.6. The van der Waals surface area contributed by atoms with Crippen molar-refractivity contribution >= 4 is 11.6 Å². The van der Waals surface area contributed by atoms with Gasteiger partial charge < -0.3 is 10.0 Å². The molecule has 0 spiro atoms. The van der Waals surface area contributed by atoms with Crippen LogP contribution in [0, 0.1) is 0 Å². The fourth-order valence-corrected chi connectivity index (χ4v) is 2.32. The molecule has 0 aromatic heterocycles. The van der Waals surface area contributed by atoms with Crippen LogP contribution in [0.5, 0.6) is 0 Å². The van der Waals surface area contributed by atoms with E-state index >= 15 is 0 Å². The number of aryl methyl sites for hydroxylation is 2. The molecule has 1 aliphatic rings. The molecule has 1 aliphatic heterocycles. The summed E-state index contributed by atoms with van der Waals surface area (Å²) in [5.74, 6) is 0.187. The van der Waals surface area contributed by atoms with Gasteiger partial charge in [-0.05, 0) is 50.3 Å². The molecular weight excluding hydrogens is 226 g/mol. The summed E-state index contributed by atoms with van der Waals surface area (Å²) in [5.41, 5.74) is 2.88. The molecule has 1 aromatic rings. The van der Waals surface area contributed by atoms with E-state index in [0.29, 0.717) is 6.42 Å². The van der Waals surface area contributed by atoms with Gasteiger partial charge >= 0.3 is 0 Å². The van der Waals surface area contributed by atoms with Crippen LogP contribution in [0.15, 0.2) is 18.2 Å². The maximum absolute atomic E-state index is 11.6. The van der Waals surface area contributed by atoms with E-state index in [4.69, 9.17) is 0 Å². The molecule has 3 nitrogen and oxygen atoms in total. The Kier molecular flexibility index (Phi) is 3.44. The van der Waals surface area contributed by atoms with Gasteiger partial charge in [-0.1, -0.05) is 12.1 Å². The topological polar surface area (TPSA) is 40.5 Å². The van der Waals surface area contributed by atoms with Crippen LogP contribution in [0.4, 0.5) is 5.69 Å². The average Bonchev–Trinajstić information content (AvgIpc) is 2.30. The molecule has 2 rings (SSSR count). The molecule has 3 heteroatoms. The lowest BCUT2D eigenvalue weighted by Gasteiger charge is -2.26. The molecule has 0 unspecified atom stereocenters. The van der Waals surface area contributed by atoms with Gasteiger partial charge in [0.15, 0.2) is 0 Å². The molecule has 18 heavy (non-hydrogen) atoms. The summed E-state index contributed by atoms with van der Waals surface area (Å²) in [7, 11) is 1.83. The number of amides is 1. The Labute approximate surface area is 108 Å². The van der Waals surface area contributed by atoms with Crippen molar-refractivity contribution in [2.45, 2.75) is 45.1 Å². The van der Waals surface area contributed by atoms with Crippen molar-refractivity contribution in [1.82, 2.24) is 0 Å². The molecule has 0 bridgehead atoms. The number of hydrogen-bond acceptors (Lipinski definition) is 2. The van der Waals surface area contributed by atoms with Crippen molar-refractivity contribution in [1.29, 1.82) is 0 Å². The quantitative estimate of drug-likeness (QED) is 0.890. The van der Waals surface area contributed by atoms with Gasteiger partial charge in [0, 0.05) is 19.2 Å². The highest BCUT2D eigenvalue weighted by Gasteiger charge is 2.21. The fraction of sp³-hybridized carbons (Fsp3) is 0.533. The van der Waals surface area contributed by atoms with Crippen molar-refractivity contribution < 1.29 is 9.90 Å². The third-order valence-electron chi connectivity index (χ3n) is 3.51. The first kappa shape index (κ1) is 13.1. The SMILES string of the molecule is CN1C(=O)CCc2cc(CCC(C)(C)O)ccc21. The van der Waals surface area contributed by atoms with Gasteiger partial charge in [-0.25, -0.2) is 0 Å². The minimum atomic E-state index is -0.622. The summed E-state index contributed by atoms with van der Waals surface area (Å²) in [5, 5.41) is 9.74. The van der Waals surface area contributed by atoms with Gasteiger partial charge in [0.1, 0.15) is 0 Å². The molecule has 0 saturated carbocycles. The lowest BCUT2D eigenvalue weighted by Crippen LogP contribution is -2.31. The van der Waals surface area contributed by atoms with Crippen LogP contribution in [0.2, 0.25) is 0 Å². The van der Waals surface area contributed by atoms with Crippen LogP contribution in [-0.4, -0.2) is 23.7 Å². The Morgan fingerprint density at radius 3 is 2.72 bits per heavy atom. The smallest absolute Gasteiger partial charge is 0.227 e. The van der Waals surface area contributed by atoms with Gasteiger partial charge in [0.05, 0.1) is 5.60 Å². The summed E-state index contributed by atoms with van der Waals surface area (Å²) in [6.07, 6.45) is 3.04. The van der Waals surface area contributed by atoms with Crippen LogP contribution in [0.3, 0.4) is 0 Å². The van der Waals surface area contributed by atoms with Gasteiger partial charge in [-0.3, -0.25) is 4.79 Å². The highest BCUT2D eigenvalue weighted by atomic mass is 16.3. The summed E-state index contributed by atoms with van der Waals surface area (Å²) in [6, 6.07) is 6.25. The summed E-state index contributed by atoms with van der Waals surface area (Å²) >= 11 is 0. The third-order valence-corrected chi connectivity index (χ3v) is 3.51. The predicted molar refractivity (Wildman–Crippen MR) is 72.8 cm³/mol. The van der Waals surface area contributed by atoms with Crippen LogP contribution < -0.4 is 4.90 Å². The standard InChI is InChI=1S/C15H21NO2/c1-15(2,18)9-8-11-4-6-13-12(10-11)5-7-14(17)16(13)3/h4,6,10,18H,5,7-9H2,1-3H3. The first-order chi connectivity index (χ1) is 8.37. The number of nitrogens with zero attached hydrogens (tertiary/aromatic N) is 1. The number of rotatable bonds is 3. The van der Waals surface area contributed by atoms with Gasteiger partial charge in [-0.15, -0.1) is 0 Å². The number of hydrogen-bond donors (Lipinski definition) is 1. The number of anilines is 1. The molecule has 0 atom stereocenters. The molecule has 1 aromatic carbocycles. The van der Waals surface area contributed by atoms with Gasteiger partial charge in [0.2, 0.25) is 5.91 Å².